The van der Waals surface area contributed by atoms with Crippen LogP contribution in [0.3, 0.4) is 0 Å². The summed E-state index contributed by atoms with van der Waals surface area (Å²) >= 11 is 0. The van der Waals surface area contributed by atoms with Crippen LogP contribution in [0.25, 0.3) is 6.08 Å². The summed E-state index contributed by atoms with van der Waals surface area (Å²) in [5, 5.41) is 10.6. The van der Waals surface area contributed by atoms with Crippen LogP contribution in [-0.2, 0) is 4.79 Å². The highest BCUT2D eigenvalue weighted by atomic mass is 16.6. The maximum absolute atomic E-state index is 11.9. The molecule has 1 amide bonds. The molecular weight excluding hydrogens is 244 g/mol. The van der Waals surface area contributed by atoms with E-state index in [1.807, 2.05) is 4.90 Å². The predicted octanol–water partition coefficient (Wildman–Crippen LogP) is 2.62. The van der Waals surface area contributed by atoms with Crippen molar-refractivity contribution in [1.82, 2.24) is 4.90 Å². The van der Waals surface area contributed by atoms with Gasteiger partial charge in [0.1, 0.15) is 0 Å². The van der Waals surface area contributed by atoms with Crippen LogP contribution in [0.15, 0.2) is 30.3 Å². The maximum Gasteiger partial charge on any atom is 0.270 e. The molecule has 1 fully saturated rings. The molecule has 19 heavy (non-hydrogen) atoms. The predicted molar refractivity (Wildman–Crippen MR) is 72.6 cm³/mol. The van der Waals surface area contributed by atoms with Crippen molar-refractivity contribution < 1.29 is 9.72 Å². The number of hydrogen-bond donors (Lipinski definition) is 0. The fourth-order valence-corrected chi connectivity index (χ4v) is 2.13. The third kappa shape index (κ3) is 3.64. The molecule has 0 bridgehead atoms. The van der Waals surface area contributed by atoms with Crippen LogP contribution < -0.4 is 0 Å². The second-order valence-electron chi connectivity index (χ2n) is 4.57. The van der Waals surface area contributed by atoms with E-state index in [4.69, 9.17) is 0 Å². The monoisotopic (exact) mass is 260 g/mol. The van der Waals surface area contributed by atoms with Crippen molar-refractivity contribution >= 4 is 17.7 Å². The lowest BCUT2D eigenvalue weighted by Gasteiger charge is -2.25. The molecule has 100 valence electrons. The molecule has 1 heterocycles. The molecule has 1 aromatic carbocycles. The van der Waals surface area contributed by atoms with E-state index in [1.165, 1.54) is 24.6 Å². The number of hydrogen-bond acceptors (Lipinski definition) is 3. The van der Waals surface area contributed by atoms with Gasteiger partial charge in [0.15, 0.2) is 0 Å². The lowest BCUT2D eigenvalue weighted by atomic mass is 10.1. The van der Waals surface area contributed by atoms with E-state index in [1.54, 1.807) is 18.2 Å². The van der Waals surface area contributed by atoms with Crippen molar-refractivity contribution in [1.29, 1.82) is 0 Å². The van der Waals surface area contributed by atoms with Crippen LogP contribution >= 0.6 is 0 Å². The van der Waals surface area contributed by atoms with E-state index >= 15 is 0 Å². The number of benzene rings is 1. The van der Waals surface area contributed by atoms with Crippen molar-refractivity contribution in [2.24, 2.45) is 0 Å². The zero-order valence-electron chi connectivity index (χ0n) is 10.6. The van der Waals surface area contributed by atoms with Gasteiger partial charge in [-0.05, 0) is 30.9 Å². The highest BCUT2D eigenvalue weighted by molar-refractivity contribution is 5.91. The molecule has 2 rings (SSSR count). The number of rotatable bonds is 3. The number of amides is 1. The van der Waals surface area contributed by atoms with E-state index < -0.39 is 4.92 Å². The first-order valence-corrected chi connectivity index (χ1v) is 6.38. The van der Waals surface area contributed by atoms with Crippen LogP contribution in [0.2, 0.25) is 0 Å². The Hall–Kier alpha value is -2.17. The molecule has 0 saturated carbocycles. The number of carbonyl (C=O) groups excluding carboxylic acids is 1. The summed E-state index contributed by atoms with van der Waals surface area (Å²) in [4.78, 5) is 23.9. The van der Waals surface area contributed by atoms with Gasteiger partial charge in [-0.3, -0.25) is 14.9 Å². The number of nitrogens with zero attached hydrogens (tertiary/aromatic N) is 2. The quantitative estimate of drug-likeness (QED) is 0.476. The zero-order chi connectivity index (χ0) is 13.7. The van der Waals surface area contributed by atoms with Crippen molar-refractivity contribution in [2.75, 3.05) is 13.1 Å². The molecule has 0 spiro atoms. The van der Waals surface area contributed by atoms with E-state index in [-0.39, 0.29) is 11.6 Å². The minimum absolute atomic E-state index is 0.0220. The van der Waals surface area contributed by atoms with Crippen LogP contribution in [0, 0.1) is 10.1 Å². The average Bonchev–Trinajstić information content (AvgIpc) is 2.46. The van der Waals surface area contributed by atoms with Crippen molar-refractivity contribution in [3.8, 4) is 0 Å². The number of likely N-dealkylation sites (tertiary alicyclic amines) is 1. The van der Waals surface area contributed by atoms with Crippen molar-refractivity contribution in [3.63, 3.8) is 0 Å². The Bertz CT molecular complexity index is 505. The largest absolute Gasteiger partial charge is 0.339 e. The fraction of sp³-hybridized carbons (Fsp3) is 0.357. The second-order valence-corrected chi connectivity index (χ2v) is 4.57. The van der Waals surface area contributed by atoms with E-state index in [9.17, 15) is 14.9 Å². The molecule has 1 saturated heterocycles. The SMILES string of the molecule is O=C(C=Cc1cccc([N+](=O)[O-])c1)N1CCCCC1. The summed E-state index contributed by atoms with van der Waals surface area (Å²) in [5.74, 6) is -0.0220. The minimum atomic E-state index is -0.441. The zero-order valence-corrected chi connectivity index (χ0v) is 10.6. The van der Waals surface area contributed by atoms with Crippen LogP contribution in [-0.4, -0.2) is 28.8 Å². The van der Waals surface area contributed by atoms with Crippen LogP contribution in [0.5, 0.6) is 0 Å². The number of nitro benzene ring substituents is 1. The molecule has 0 aliphatic carbocycles. The Morgan fingerprint density at radius 3 is 2.68 bits per heavy atom. The fourth-order valence-electron chi connectivity index (χ4n) is 2.13. The molecule has 5 heteroatoms. The third-order valence-electron chi connectivity index (χ3n) is 3.17. The van der Waals surface area contributed by atoms with E-state index in [2.05, 4.69) is 0 Å². The van der Waals surface area contributed by atoms with E-state index in [0.29, 0.717) is 5.56 Å². The number of carbonyl (C=O) groups is 1. The van der Waals surface area contributed by atoms with Gasteiger partial charge in [0, 0.05) is 31.3 Å². The number of nitro groups is 1. The Balaban J connectivity index is 2.03. The topological polar surface area (TPSA) is 63.4 Å². The van der Waals surface area contributed by atoms with Crippen molar-refractivity contribution in [3.05, 3.63) is 46.0 Å². The van der Waals surface area contributed by atoms with Gasteiger partial charge in [0.25, 0.3) is 5.69 Å². The van der Waals surface area contributed by atoms with Crippen molar-refractivity contribution in [2.45, 2.75) is 19.3 Å². The first kappa shape index (κ1) is 13.3. The smallest absolute Gasteiger partial charge is 0.270 e. The number of non-ortho nitro benzene ring substituents is 1. The maximum atomic E-state index is 11.9. The Morgan fingerprint density at radius 1 is 1.26 bits per heavy atom. The molecule has 1 aliphatic heterocycles. The average molecular weight is 260 g/mol. The van der Waals surface area contributed by atoms with Gasteiger partial charge < -0.3 is 4.90 Å². The normalized spacial score (nSPS) is 15.7. The molecule has 0 unspecified atom stereocenters. The van der Waals surface area contributed by atoms with Gasteiger partial charge in [-0.25, -0.2) is 0 Å². The molecule has 0 N–H and O–H groups in total. The molecule has 0 aromatic heterocycles. The summed E-state index contributed by atoms with van der Waals surface area (Å²) in [7, 11) is 0. The molecule has 0 atom stereocenters. The van der Waals surface area contributed by atoms with Gasteiger partial charge in [-0.1, -0.05) is 12.1 Å². The lowest BCUT2D eigenvalue weighted by Crippen LogP contribution is -2.34. The van der Waals surface area contributed by atoms with Crippen LogP contribution in [0.4, 0.5) is 5.69 Å². The first-order valence-electron chi connectivity index (χ1n) is 6.38. The molecule has 0 radical (unpaired) electrons. The van der Waals surface area contributed by atoms with E-state index in [0.717, 1.165) is 25.9 Å². The molecule has 1 aliphatic rings. The minimum Gasteiger partial charge on any atom is -0.339 e. The van der Waals surface area contributed by atoms with Gasteiger partial charge in [0.2, 0.25) is 5.91 Å². The Kier molecular flexibility index (Phi) is 4.28. The second kappa shape index (κ2) is 6.13. The molecule has 5 nitrogen and oxygen atoms in total. The Morgan fingerprint density at radius 2 is 2.00 bits per heavy atom. The third-order valence-corrected chi connectivity index (χ3v) is 3.17. The van der Waals surface area contributed by atoms with Gasteiger partial charge >= 0.3 is 0 Å². The summed E-state index contributed by atoms with van der Waals surface area (Å²) < 4.78 is 0. The standard InChI is InChI=1S/C14H16N2O3/c17-14(15-9-2-1-3-10-15)8-7-12-5-4-6-13(11-12)16(18)19/h4-8,11H,1-3,9-10H2. The van der Waals surface area contributed by atoms with Gasteiger partial charge in [0.05, 0.1) is 4.92 Å². The summed E-state index contributed by atoms with van der Waals surface area (Å²) in [6.45, 7) is 1.61. The molecular formula is C14H16N2O3. The summed E-state index contributed by atoms with van der Waals surface area (Å²) in [6, 6.07) is 6.25. The van der Waals surface area contributed by atoms with Crippen LogP contribution in [0.1, 0.15) is 24.8 Å². The highest BCUT2D eigenvalue weighted by Gasteiger charge is 2.13. The summed E-state index contributed by atoms with van der Waals surface area (Å²) in [6.07, 6.45) is 6.40. The first-order chi connectivity index (χ1) is 9.16. The van der Waals surface area contributed by atoms with Gasteiger partial charge in [-0.15, -0.1) is 0 Å². The number of piperidine rings is 1. The molecule has 1 aromatic rings. The lowest BCUT2D eigenvalue weighted by molar-refractivity contribution is -0.384. The Labute approximate surface area is 111 Å². The van der Waals surface area contributed by atoms with Gasteiger partial charge in [-0.2, -0.15) is 0 Å². The highest BCUT2D eigenvalue weighted by Crippen LogP contribution is 2.15. The summed E-state index contributed by atoms with van der Waals surface area (Å²) in [5.41, 5.74) is 0.701.